The Morgan fingerprint density at radius 2 is 1.49 bits per heavy atom. The molecule has 45 heavy (non-hydrogen) atoms. The van der Waals surface area contributed by atoms with Gasteiger partial charge in [-0.2, -0.15) is 0 Å². The number of rotatable bonds is 13. The summed E-state index contributed by atoms with van der Waals surface area (Å²) in [4.78, 5) is 29.4. The fourth-order valence-corrected chi connectivity index (χ4v) is 6.62. The molecule has 0 bridgehead atoms. The lowest BCUT2D eigenvalue weighted by molar-refractivity contribution is -0.140. The summed E-state index contributed by atoms with van der Waals surface area (Å²) in [5.74, 6) is -1.76. The average molecular weight is 671 g/mol. The number of carbonyl (C=O) groups is 2. The molecule has 0 fully saturated rings. The number of hydrogen-bond donors (Lipinski definition) is 1. The predicted octanol–water partition coefficient (Wildman–Crippen LogP) is 6.88. The first kappa shape index (κ1) is 34.0. The standard InChI is InChI=1S/C34H34Cl2FN3O4S/c1-3-24(2)38-34(42)31(21-25-13-6-4-7-14-25)39(22-26-15-10-11-19-29(26)37)32(41)23-40(30-20-12-18-28(35)33(30)36)45(43,44)27-16-8-5-9-17-27/h4-20,24,31H,3,21-23H2,1-2H3,(H,38,42)/t24-,31-/m0/s1. The summed E-state index contributed by atoms with van der Waals surface area (Å²) in [7, 11) is -4.36. The van der Waals surface area contributed by atoms with Gasteiger partial charge in [0.05, 0.1) is 20.6 Å². The van der Waals surface area contributed by atoms with Crippen LogP contribution in [0.2, 0.25) is 10.0 Å². The summed E-state index contributed by atoms with van der Waals surface area (Å²) in [5, 5.41) is 2.97. The third-order valence-corrected chi connectivity index (χ3v) is 9.96. The second-order valence-electron chi connectivity index (χ2n) is 10.5. The third kappa shape index (κ3) is 8.42. The maximum absolute atomic E-state index is 15.0. The number of sulfonamides is 1. The van der Waals surface area contributed by atoms with Crippen molar-refractivity contribution in [3.63, 3.8) is 0 Å². The number of nitrogens with zero attached hydrogens (tertiary/aromatic N) is 2. The Hall–Kier alpha value is -3.92. The minimum absolute atomic E-state index is 0.0177. The van der Waals surface area contributed by atoms with E-state index in [4.69, 9.17) is 23.2 Å². The van der Waals surface area contributed by atoms with Crippen LogP contribution in [-0.4, -0.2) is 43.8 Å². The molecule has 0 saturated heterocycles. The summed E-state index contributed by atoms with van der Waals surface area (Å²) < 4.78 is 44.0. The van der Waals surface area contributed by atoms with Crippen LogP contribution in [0.3, 0.4) is 0 Å². The van der Waals surface area contributed by atoms with Gasteiger partial charge in [0.2, 0.25) is 11.8 Å². The van der Waals surface area contributed by atoms with Gasteiger partial charge in [0.1, 0.15) is 18.4 Å². The lowest BCUT2D eigenvalue weighted by Gasteiger charge is -2.34. The molecule has 0 saturated carbocycles. The Kier molecular flexibility index (Phi) is 11.6. The van der Waals surface area contributed by atoms with Crippen molar-refractivity contribution in [2.75, 3.05) is 10.8 Å². The number of benzene rings is 4. The molecule has 2 amide bonds. The summed E-state index contributed by atoms with van der Waals surface area (Å²) in [5.41, 5.74) is 0.911. The summed E-state index contributed by atoms with van der Waals surface area (Å²) >= 11 is 12.8. The molecule has 7 nitrogen and oxygen atoms in total. The Balaban J connectivity index is 1.84. The molecule has 0 radical (unpaired) electrons. The van der Waals surface area contributed by atoms with Crippen molar-refractivity contribution in [1.82, 2.24) is 10.2 Å². The normalized spacial score (nSPS) is 12.6. The summed E-state index contributed by atoms with van der Waals surface area (Å²) in [6.07, 6.45) is 0.744. The zero-order valence-corrected chi connectivity index (χ0v) is 27.2. The van der Waals surface area contributed by atoms with E-state index in [0.717, 1.165) is 9.87 Å². The van der Waals surface area contributed by atoms with Crippen LogP contribution in [0.1, 0.15) is 31.4 Å². The van der Waals surface area contributed by atoms with Crippen LogP contribution in [0.15, 0.2) is 108 Å². The molecule has 11 heteroatoms. The number of anilines is 1. The quantitative estimate of drug-likeness (QED) is 0.168. The number of halogens is 3. The largest absolute Gasteiger partial charge is 0.352 e. The zero-order valence-electron chi connectivity index (χ0n) is 24.9. The van der Waals surface area contributed by atoms with Crippen LogP contribution in [0.4, 0.5) is 10.1 Å². The van der Waals surface area contributed by atoms with Crippen LogP contribution in [0, 0.1) is 5.82 Å². The first-order valence-electron chi connectivity index (χ1n) is 14.4. The van der Waals surface area contributed by atoms with Crippen LogP contribution >= 0.6 is 23.2 Å². The van der Waals surface area contributed by atoms with Gasteiger partial charge in [-0.25, -0.2) is 12.8 Å². The molecule has 0 aliphatic carbocycles. The topological polar surface area (TPSA) is 86.8 Å². The van der Waals surface area contributed by atoms with E-state index < -0.39 is 40.2 Å². The number of nitrogens with one attached hydrogen (secondary N) is 1. The molecular weight excluding hydrogens is 636 g/mol. The van der Waals surface area contributed by atoms with E-state index in [1.54, 1.807) is 24.3 Å². The lowest BCUT2D eigenvalue weighted by atomic mass is 10.0. The van der Waals surface area contributed by atoms with Gasteiger partial charge in [0, 0.05) is 24.6 Å². The van der Waals surface area contributed by atoms with Gasteiger partial charge < -0.3 is 10.2 Å². The van der Waals surface area contributed by atoms with Crippen LogP contribution in [0.5, 0.6) is 0 Å². The molecule has 4 aromatic rings. The Morgan fingerprint density at radius 3 is 2.13 bits per heavy atom. The van der Waals surface area contributed by atoms with Crippen LogP contribution in [0.25, 0.3) is 0 Å². The summed E-state index contributed by atoms with van der Waals surface area (Å²) in [6.45, 7) is 2.73. The molecule has 1 N–H and O–H groups in total. The highest BCUT2D eigenvalue weighted by molar-refractivity contribution is 7.92. The molecule has 4 rings (SSSR count). The molecule has 0 aromatic heterocycles. The van der Waals surface area contributed by atoms with E-state index in [9.17, 15) is 18.0 Å². The molecular formula is C34H34Cl2FN3O4S. The van der Waals surface area contributed by atoms with E-state index in [1.165, 1.54) is 53.4 Å². The van der Waals surface area contributed by atoms with Crippen LogP contribution in [-0.2, 0) is 32.6 Å². The molecule has 2 atom stereocenters. The van der Waals surface area contributed by atoms with Gasteiger partial charge in [-0.1, -0.05) is 103 Å². The van der Waals surface area contributed by atoms with Gasteiger partial charge in [0.25, 0.3) is 10.0 Å². The van der Waals surface area contributed by atoms with Crippen molar-refractivity contribution in [2.45, 2.75) is 50.2 Å². The van der Waals surface area contributed by atoms with Gasteiger partial charge in [0.15, 0.2) is 0 Å². The van der Waals surface area contributed by atoms with Gasteiger partial charge in [-0.15, -0.1) is 0 Å². The second kappa shape index (κ2) is 15.4. The van der Waals surface area contributed by atoms with Crippen molar-refractivity contribution in [1.29, 1.82) is 0 Å². The maximum Gasteiger partial charge on any atom is 0.264 e. The van der Waals surface area contributed by atoms with E-state index in [-0.39, 0.29) is 45.2 Å². The van der Waals surface area contributed by atoms with Crippen molar-refractivity contribution >= 4 is 50.7 Å². The highest BCUT2D eigenvalue weighted by Gasteiger charge is 2.36. The molecule has 0 heterocycles. The minimum Gasteiger partial charge on any atom is -0.352 e. The molecule has 0 unspecified atom stereocenters. The number of carbonyl (C=O) groups excluding carboxylic acids is 2. The smallest absolute Gasteiger partial charge is 0.264 e. The van der Waals surface area contributed by atoms with Crippen molar-refractivity contribution in [3.05, 3.63) is 130 Å². The monoisotopic (exact) mass is 669 g/mol. The van der Waals surface area contributed by atoms with Gasteiger partial charge in [-0.3, -0.25) is 13.9 Å². The fourth-order valence-electron chi connectivity index (χ4n) is 4.72. The Bertz CT molecular complexity index is 1730. The molecule has 0 aliphatic heterocycles. The first-order valence-corrected chi connectivity index (χ1v) is 16.6. The first-order chi connectivity index (χ1) is 21.5. The van der Waals surface area contributed by atoms with Gasteiger partial charge in [-0.05, 0) is 49.2 Å². The third-order valence-electron chi connectivity index (χ3n) is 7.38. The average Bonchev–Trinajstić information content (AvgIpc) is 3.04. The van der Waals surface area contributed by atoms with E-state index in [0.29, 0.717) is 6.42 Å². The SMILES string of the molecule is CC[C@H](C)NC(=O)[C@H](Cc1ccccc1)N(Cc1ccccc1F)C(=O)CN(c1cccc(Cl)c1Cl)S(=O)(=O)c1ccccc1. The fraction of sp³-hybridized carbons (Fsp3) is 0.235. The predicted molar refractivity (Wildman–Crippen MR) is 176 cm³/mol. The highest BCUT2D eigenvalue weighted by Crippen LogP contribution is 2.35. The van der Waals surface area contributed by atoms with Crippen molar-refractivity contribution < 1.29 is 22.4 Å². The zero-order chi connectivity index (χ0) is 32.6. The molecule has 4 aromatic carbocycles. The molecule has 0 aliphatic rings. The van der Waals surface area contributed by atoms with Crippen molar-refractivity contribution in [2.24, 2.45) is 0 Å². The maximum atomic E-state index is 15.0. The van der Waals surface area contributed by atoms with Crippen LogP contribution < -0.4 is 9.62 Å². The Morgan fingerprint density at radius 1 is 0.867 bits per heavy atom. The number of hydrogen-bond acceptors (Lipinski definition) is 4. The van der Waals surface area contributed by atoms with E-state index in [1.807, 2.05) is 44.2 Å². The highest BCUT2D eigenvalue weighted by atomic mass is 35.5. The lowest BCUT2D eigenvalue weighted by Crippen LogP contribution is -2.54. The van der Waals surface area contributed by atoms with Crippen molar-refractivity contribution in [3.8, 4) is 0 Å². The Labute approximate surface area is 273 Å². The summed E-state index contributed by atoms with van der Waals surface area (Å²) in [6, 6.07) is 25.8. The minimum atomic E-state index is -4.36. The number of amides is 2. The van der Waals surface area contributed by atoms with Gasteiger partial charge >= 0.3 is 0 Å². The second-order valence-corrected chi connectivity index (χ2v) is 13.2. The van der Waals surface area contributed by atoms with E-state index in [2.05, 4.69) is 5.32 Å². The molecule has 0 spiro atoms. The molecule has 236 valence electrons. The van der Waals surface area contributed by atoms with E-state index >= 15 is 4.39 Å².